The fourth-order valence-corrected chi connectivity index (χ4v) is 3.42. The van der Waals surface area contributed by atoms with Crippen LogP contribution < -0.4 is 15.4 Å². The van der Waals surface area contributed by atoms with Gasteiger partial charge in [-0.15, -0.1) is 0 Å². The molecule has 1 heterocycles. The summed E-state index contributed by atoms with van der Waals surface area (Å²) in [5.41, 5.74) is 0.183. The zero-order chi connectivity index (χ0) is 21.9. The van der Waals surface area contributed by atoms with Crippen LogP contribution in [0.15, 0.2) is 59.6 Å². The largest absolute Gasteiger partial charge is 0.457 e. The SMILES string of the molecule is CCNC(=NCc1cccc(Oc2ccccc2)c1)NCC(C)(O)CN1CCOCC1. The summed E-state index contributed by atoms with van der Waals surface area (Å²) < 4.78 is 11.3. The second kappa shape index (κ2) is 11.7. The van der Waals surface area contributed by atoms with E-state index in [2.05, 4.69) is 20.5 Å². The highest BCUT2D eigenvalue weighted by molar-refractivity contribution is 5.79. The molecule has 2 aromatic carbocycles. The number of guanidine groups is 1. The molecular formula is C24H34N4O3. The number of benzene rings is 2. The zero-order valence-electron chi connectivity index (χ0n) is 18.5. The number of β-amino-alcohol motifs (C(OH)–C–C–N with tert-alkyl or cyclic N) is 1. The number of aliphatic imine (C=N–C) groups is 1. The Morgan fingerprint density at radius 1 is 1.10 bits per heavy atom. The van der Waals surface area contributed by atoms with E-state index < -0.39 is 5.60 Å². The lowest BCUT2D eigenvalue weighted by Crippen LogP contribution is -2.52. The first-order valence-electron chi connectivity index (χ1n) is 10.9. The molecule has 0 aromatic heterocycles. The fourth-order valence-electron chi connectivity index (χ4n) is 3.42. The smallest absolute Gasteiger partial charge is 0.191 e. The van der Waals surface area contributed by atoms with Crippen molar-refractivity contribution in [2.45, 2.75) is 26.0 Å². The van der Waals surface area contributed by atoms with Crippen molar-refractivity contribution in [1.29, 1.82) is 0 Å². The lowest BCUT2D eigenvalue weighted by atomic mass is 10.1. The summed E-state index contributed by atoms with van der Waals surface area (Å²) >= 11 is 0. The van der Waals surface area contributed by atoms with Gasteiger partial charge in [-0.25, -0.2) is 4.99 Å². The first-order chi connectivity index (χ1) is 15.0. The van der Waals surface area contributed by atoms with Crippen LogP contribution in [0, 0.1) is 0 Å². The number of nitrogens with one attached hydrogen (secondary N) is 2. The molecule has 7 nitrogen and oxygen atoms in total. The molecule has 3 N–H and O–H groups in total. The minimum Gasteiger partial charge on any atom is -0.457 e. The van der Waals surface area contributed by atoms with Crippen LogP contribution >= 0.6 is 0 Å². The number of morpholine rings is 1. The van der Waals surface area contributed by atoms with Crippen molar-refractivity contribution < 1.29 is 14.6 Å². The molecule has 0 radical (unpaired) electrons. The number of hydrogen-bond acceptors (Lipinski definition) is 5. The van der Waals surface area contributed by atoms with E-state index in [1.807, 2.05) is 68.4 Å². The standard InChI is InChI=1S/C24H34N4O3/c1-3-25-23(27-18-24(2,29)19-28-12-14-30-15-13-28)26-17-20-8-7-11-22(16-20)31-21-9-5-4-6-10-21/h4-11,16,29H,3,12-15,17-19H2,1-2H3,(H2,25,26,27). The van der Waals surface area contributed by atoms with Gasteiger partial charge in [0.2, 0.25) is 0 Å². The van der Waals surface area contributed by atoms with Crippen molar-refractivity contribution >= 4 is 5.96 Å². The average molecular weight is 427 g/mol. The molecule has 1 fully saturated rings. The third kappa shape index (κ3) is 8.20. The van der Waals surface area contributed by atoms with E-state index in [4.69, 9.17) is 9.47 Å². The summed E-state index contributed by atoms with van der Waals surface area (Å²) in [5, 5.41) is 17.3. The highest BCUT2D eigenvalue weighted by Crippen LogP contribution is 2.22. The van der Waals surface area contributed by atoms with E-state index in [1.165, 1.54) is 0 Å². The molecule has 3 rings (SSSR count). The summed E-state index contributed by atoms with van der Waals surface area (Å²) in [6.45, 7) is 9.29. The van der Waals surface area contributed by atoms with Crippen LogP contribution in [-0.2, 0) is 11.3 Å². The molecule has 1 aliphatic rings. The molecule has 0 aliphatic carbocycles. The Morgan fingerprint density at radius 2 is 1.84 bits per heavy atom. The Labute approximate surface area is 185 Å². The summed E-state index contributed by atoms with van der Waals surface area (Å²) in [7, 11) is 0. The van der Waals surface area contributed by atoms with E-state index in [-0.39, 0.29) is 0 Å². The lowest BCUT2D eigenvalue weighted by molar-refractivity contribution is -0.0201. The van der Waals surface area contributed by atoms with Gasteiger partial charge < -0.3 is 25.2 Å². The highest BCUT2D eigenvalue weighted by Gasteiger charge is 2.25. The maximum atomic E-state index is 10.8. The van der Waals surface area contributed by atoms with Crippen LogP contribution in [-0.4, -0.2) is 67.5 Å². The van der Waals surface area contributed by atoms with Gasteiger partial charge in [-0.05, 0) is 43.7 Å². The molecule has 1 saturated heterocycles. The van der Waals surface area contributed by atoms with Gasteiger partial charge in [-0.1, -0.05) is 30.3 Å². The highest BCUT2D eigenvalue weighted by atomic mass is 16.5. The second-order valence-corrected chi connectivity index (χ2v) is 8.00. The number of hydrogen-bond donors (Lipinski definition) is 3. The topological polar surface area (TPSA) is 78.4 Å². The van der Waals surface area contributed by atoms with E-state index in [0.717, 1.165) is 49.9 Å². The first-order valence-corrected chi connectivity index (χ1v) is 10.9. The van der Waals surface area contributed by atoms with Crippen LogP contribution in [0.4, 0.5) is 0 Å². The Kier molecular flexibility index (Phi) is 8.70. The molecule has 168 valence electrons. The third-order valence-corrected chi connectivity index (χ3v) is 4.95. The molecule has 7 heteroatoms. The van der Waals surface area contributed by atoms with Crippen molar-refractivity contribution in [3.8, 4) is 11.5 Å². The molecule has 0 bridgehead atoms. The quantitative estimate of drug-likeness (QED) is 0.423. The molecule has 0 amide bonds. The molecule has 1 aliphatic heterocycles. The number of nitrogens with zero attached hydrogens (tertiary/aromatic N) is 2. The van der Waals surface area contributed by atoms with Crippen molar-refractivity contribution in [1.82, 2.24) is 15.5 Å². The van der Waals surface area contributed by atoms with Crippen LogP contribution in [0.2, 0.25) is 0 Å². The minimum absolute atomic E-state index is 0.410. The molecule has 0 spiro atoms. The maximum absolute atomic E-state index is 10.8. The Balaban J connectivity index is 1.55. The maximum Gasteiger partial charge on any atom is 0.191 e. The summed E-state index contributed by atoms with van der Waals surface area (Å²) in [4.78, 5) is 6.91. The van der Waals surface area contributed by atoms with Crippen molar-refractivity contribution in [3.63, 3.8) is 0 Å². The van der Waals surface area contributed by atoms with Crippen LogP contribution in [0.1, 0.15) is 19.4 Å². The summed E-state index contributed by atoms with van der Waals surface area (Å²) in [6.07, 6.45) is 0. The number of ether oxygens (including phenoxy) is 2. The van der Waals surface area contributed by atoms with E-state index >= 15 is 0 Å². The fraction of sp³-hybridized carbons (Fsp3) is 0.458. The lowest BCUT2D eigenvalue weighted by Gasteiger charge is -2.34. The third-order valence-electron chi connectivity index (χ3n) is 4.95. The van der Waals surface area contributed by atoms with Gasteiger partial charge in [0.05, 0.1) is 25.4 Å². The van der Waals surface area contributed by atoms with Gasteiger partial charge in [0, 0.05) is 32.7 Å². The van der Waals surface area contributed by atoms with Crippen LogP contribution in [0.3, 0.4) is 0 Å². The number of rotatable bonds is 9. The molecule has 2 aromatic rings. The zero-order valence-corrected chi connectivity index (χ0v) is 18.5. The van der Waals surface area contributed by atoms with E-state index in [0.29, 0.717) is 25.6 Å². The summed E-state index contributed by atoms with van der Waals surface area (Å²) in [5.74, 6) is 2.27. The summed E-state index contributed by atoms with van der Waals surface area (Å²) in [6, 6.07) is 17.7. The molecule has 1 atom stereocenters. The minimum atomic E-state index is -0.864. The van der Waals surface area contributed by atoms with Crippen molar-refractivity contribution in [3.05, 3.63) is 60.2 Å². The Bertz CT molecular complexity index is 821. The number of para-hydroxylation sites is 1. The van der Waals surface area contributed by atoms with Crippen LogP contribution in [0.25, 0.3) is 0 Å². The van der Waals surface area contributed by atoms with Crippen LogP contribution in [0.5, 0.6) is 11.5 Å². The Hall–Kier alpha value is -2.61. The number of aliphatic hydroxyl groups is 1. The monoisotopic (exact) mass is 426 g/mol. The van der Waals surface area contributed by atoms with E-state index in [1.54, 1.807) is 0 Å². The predicted octanol–water partition coefficient (Wildman–Crippen LogP) is 2.62. The van der Waals surface area contributed by atoms with E-state index in [9.17, 15) is 5.11 Å². The van der Waals surface area contributed by atoms with Gasteiger partial charge in [-0.2, -0.15) is 0 Å². The van der Waals surface area contributed by atoms with Crippen molar-refractivity contribution in [2.75, 3.05) is 45.9 Å². The molecule has 1 unspecified atom stereocenters. The Morgan fingerprint density at radius 3 is 2.58 bits per heavy atom. The normalized spacial score (nSPS) is 17.1. The molecular weight excluding hydrogens is 392 g/mol. The second-order valence-electron chi connectivity index (χ2n) is 8.00. The van der Waals surface area contributed by atoms with Gasteiger partial charge in [-0.3, -0.25) is 4.90 Å². The average Bonchev–Trinajstić information content (AvgIpc) is 2.77. The van der Waals surface area contributed by atoms with Gasteiger partial charge in [0.15, 0.2) is 5.96 Å². The first kappa shape index (κ1) is 23.1. The molecule has 31 heavy (non-hydrogen) atoms. The van der Waals surface area contributed by atoms with Gasteiger partial charge in [0.1, 0.15) is 11.5 Å². The molecule has 0 saturated carbocycles. The van der Waals surface area contributed by atoms with Crippen molar-refractivity contribution in [2.24, 2.45) is 4.99 Å². The van der Waals surface area contributed by atoms with Gasteiger partial charge in [0.25, 0.3) is 0 Å². The predicted molar refractivity (Wildman–Crippen MR) is 124 cm³/mol. The van der Waals surface area contributed by atoms with Gasteiger partial charge >= 0.3 is 0 Å².